The lowest BCUT2D eigenvalue weighted by Crippen LogP contribution is -1.90. The van der Waals surface area contributed by atoms with Crippen LogP contribution in [0, 0.1) is 0 Å². The lowest BCUT2D eigenvalue weighted by molar-refractivity contribution is 1.22. The van der Waals surface area contributed by atoms with Gasteiger partial charge in [-0.2, -0.15) is 0 Å². The minimum Gasteiger partial charge on any atom is -0.256 e. The summed E-state index contributed by atoms with van der Waals surface area (Å²) < 4.78 is 0. The van der Waals surface area contributed by atoms with Crippen LogP contribution in [0.3, 0.4) is 0 Å². The van der Waals surface area contributed by atoms with Crippen LogP contribution in [0.1, 0.15) is 11.1 Å². The van der Waals surface area contributed by atoms with E-state index in [1.807, 2.05) is 12.3 Å². The Kier molecular flexibility index (Phi) is 1.88. The highest BCUT2D eigenvalue weighted by atomic mass is 14.7. The predicted octanol–water partition coefficient (Wildman–Crippen LogP) is 3.36. The van der Waals surface area contributed by atoms with Gasteiger partial charge in [0.2, 0.25) is 0 Å². The van der Waals surface area contributed by atoms with E-state index in [-0.39, 0.29) is 0 Å². The highest BCUT2D eigenvalue weighted by Crippen LogP contribution is 2.23. The zero-order valence-corrected chi connectivity index (χ0v) is 8.35. The molecule has 0 saturated carbocycles. The van der Waals surface area contributed by atoms with Crippen LogP contribution in [0.2, 0.25) is 0 Å². The highest BCUT2D eigenvalue weighted by molar-refractivity contribution is 5.89. The Morgan fingerprint density at radius 2 is 2.00 bits per heavy atom. The summed E-state index contributed by atoms with van der Waals surface area (Å²) in [5.41, 5.74) is 3.69. The molecule has 0 unspecified atom stereocenters. The molecule has 1 aliphatic rings. The molecule has 0 spiro atoms. The molecular formula is C14H11N. The van der Waals surface area contributed by atoms with Gasteiger partial charge < -0.3 is 0 Å². The van der Waals surface area contributed by atoms with Crippen LogP contribution >= 0.6 is 0 Å². The fourth-order valence-corrected chi connectivity index (χ4v) is 1.99. The van der Waals surface area contributed by atoms with E-state index in [1.165, 1.54) is 16.5 Å². The third-order valence-electron chi connectivity index (χ3n) is 2.75. The van der Waals surface area contributed by atoms with Crippen molar-refractivity contribution in [2.75, 3.05) is 0 Å². The zero-order valence-electron chi connectivity index (χ0n) is 8.35. The van der Waals surface area contributed by atoms with Crippen LogP contribution < -0.4 is 0 Å². The van der Waals surface area contributed by atoms with Gasteiger partial charge in [0.15, 0.2) is 0 Å². The number of rotatable bonds is 0. The standard InChI is InChI=1S/C14H11N/c1-2-6-11-10-15-14-9-5-4-8-13(14)12(11)7-3-1/h1-5,7-10H,6H2. The van der Waals surface area contributed by atoms with Crippen molar-refractivity contribution in [2.45, 2.75) is 6.42 Å². The van der Waals surface area contributed by atoms with E-state index in [0.717, 1.165) is 11.9 Å². The number of pyridine rings is 1. The van der Waals surface area contributed by atoms with E-state index in [1.54, 1.807) is 0 Å². The number of fused-ring (bicyclic) bond motifs is 3. The maximum absolute atomic E-state index is 4.47. The number of allylic oxidation sites excluding steroid dienone is 3. The molecule has 1 aromatic heterocycles. The SMILES string of the molecule is C1=CCc2cnc3ccccc3c2C=C1. The maximum Gasteiger partial charge on any atom is 0.0708 e. The molecule has 0 bridgehead atoms. The second-order valence-corrected chi connectivity index (χ2v) is 3.71. The quantitative estimate of drug-likeness (QED) is 0.625. The largest absolute Gasteiger partial charge is 0.256 e. The van der Waals surface area contributed by atoms with Gasteiger partial charge in [0.25, 0.3) is 0 Å². The van der Waals surface area contributed by atoms with Crippen molar-refractivity contribution >= 4 is 17.0 Å². The zero-order chi connectivity index (χ0) is 10.1. The number of para-hydroxylation sites is 1. The average Bonchev–Trinajstić information content (AvgIpc) is 2.54. The van der Waals surface area contributed by atoms with Crippen LogP contribution in [0.4, 0.5) is 0 Å². The second kappa shape index (κ2) is 3.35. The smallest absolute Gasteiger partial charge is 0.0708 e. The summed E-state index contributed by atoms with van der Waals surface area (Å²) in [6, 6.07) is 8.29. The van der Waals surface area contributed by atoms with Crippen LogP contribution in [0.15, 0.2) is 48.7 Å². The van der Waals surface area contributed by atoms with Gasteiger partial charge in [0, 0.05) is 11.6 Å². The minimum absolute atomic E-state index is 0.972. The average molecular weight is 193 g/mol. The Labute approximate surface area is 88.8 Å². The van der Waals surface area contributed by atoms with E-state index < -0.39 is 0 Å². The van der Waals surface area contributed by atoms with E-state index in [0.29, 0.717) is 0 Å². The van der Waals surface area contributed by atoms with Crippen molar-refractivity contribution in [1.82, 2.24) is 4.98 Å². The maximum atomic E-state index is 4.47. The molecular weight excluding hydrogens is 182 g/mol. The van der Waals surface area contributed by atoms with Crippen molar-refractivity contribution in [3.05, 3.63) is 59.8 Å². The topological polar surface area (TPSA) is 12.9 Å². The van der Waals surface area contributed by atoms with E-state index >= 15 is 0 Å². The second-order valence-electron chi connectivity index (χ2n) is 3.71. The normalized spacial score (nSPS) is 13.9. The molecule has 72 valence electrons. The van der Waals surface area contributed by atoms with Crippen LogP contribution in [0.5, 0.6) is 0 Å². The Morgan fingerprint density at radius 3 is 3.00 bits per heavy atom. The van der Waals surface area contributed by atoms with Crippen molar-refractivity contribution in [1.29, 1.82) is 0 Å². The molecule has 1 heterocycles. The fourth-order valence-electron chi connectivity index (χ4n) is 1.99. The number of benzene rings is 1. The summed E-state index contributed by atoms with van der Waals surface area (Å²) in [5.74, 6) is 0. The van der Waals surface area contributed by atoms with Gasteiger partial charge in [-0.25, -0.2) is 0 Å². The summed E-state index contributed by atoms with van der Waals surface area (Å²) in [4.78, 5) is 4.47. The Morgan fingerprint density at radius 1 is 1.07 bits per heavy atom. The van der Waals surface area contributed by atoms with Crippen molar-refractivity contribution in [3.8, 4) is 0 Å². The first-order valence-corrected chi connectivity index (χ1v) is 5.15. The molecule has 1 heteroatoms. The summed E-state index contributed by atoms with van der Waals surface area (Å²) in [5, 5.41) is 1.25. The molecule has 2 aromatic rings. The fraction of sp³-hybridized carbons (Fsp3) is 0.0714. The number of aromatic nitrogens is 1. The van der Waals surface area contributed by atoms with Crippen LogP contribution in [0.25, 0.3) is 17.0 Å². The van der Waals surface area contributed by atoms with Crippen molar-refractivity contribution in [3.63, 3.8) is 0 Å². The van der Waals surface area contributed by atoms with Crippen LogP contribution in [-0.4, -0.2) is 4.98 Å². The van der Waals surface area contributed by atoms with Crippen molar-refractivity contribution in [2.24, 2.45) is 0 Å². The summed E-state index contributed by atoms with van der Waals surface area (Å²) in [6.07, 6.45) is 11.5. The van der Waals surface area contributed by atoms with Gasteiger partial charge in [-0.15, -0.1) is 0 Å². The third-order valence-corrected chi connectivity index (χ3v) is 2.75. The summed E-state index contributed by atoms with van der Waals surface area (Å²) in [7, 11) is 0. The molecule has 0 fully saturated rings. The predicted molar refractivity (Wildman–Crippen MR) is 63.6 cm³/mol. The molecule has 1 aromatic carbocycles. The van der Waals surface area contributed by atoms with Crippen molar-refractivity contribution < 1.29 is 0 Å². The molecule has 15 heavy (non-hydrogen) atoms. The molecule has 1 nitrogen and oxygen atoms in total. The molecule has 0 amide bonds. The van der Waals surface area contributed by atoms with Gasteiger partial charge in [0.05, 0.1) is 5.52 Å². The van der Waals surface area contributed by atoms with Gasteiger partial charge in [0.1, 0.15) is 0 Å². The molecule has 3 rings (SSSR count). The minimum atomic E-state index is 0.972. The molecule has 1 aliphatic carbocycles. The Bertz CT molecular complexity index is 565. The Balaban J connectivity index is 2.38. The summed E-state index contributed by atoms with van der Waals surface area (Å²) >= 11 is 0. The van der Waals surface area contributed by atoms with E-state index in [9.17, 15) is 0 Å². The molecule has 0 N–H and O–H groups in total. The van der Waals surface area contributed by atoms with E-state index in [2.05, 4.69) is 47.5 Å². The third kappa shape index (κ3) is 1.37. The number of hydrogen-bond donors (Lipinski definition) is 0. The Hall–Kier alpha value is -1.89. The monoisotopic (exact) mass is 193 g/mol. The van der Waals surface area contributed by atoms with Gasteiger partial charge in [-0.05, 0) is 23.6 Å². The molecule has 0 aliphatic heterocycles. The van der Waals surface area contributed by atoms with Crippen LogP contribution in [-0.2, 0) is 6.42 Å². The lowest BCUT2D eigenvalue weighted by Gasteiger charge is -2.06. The lowest BCUT2D eigenvalue weighted by atomic mass is 10.0. The number of nitrogens with zero attached hydrogens (tertiary/aromatic N) is 1. The first kappa shape index (κ1) is 8.42. The van der Waals surface area contributed by atoms with Gasteiger partial charge in [-0.3, -0.25) is 4.98 Å². The van der Waals surface area contributed by atoms with E-state index in [4.69, 9.17) is 0 Å². The highest BCUT2D eigenvalue weighted by Gasteiger charge is 2.05. The van der Waals surface area contributed by atoms with Gasteiger partial charge >= 0.3 is 0 Å². The number of hydrogen-bond acceptors (Lipinski definition) is 1. The molecule has 0 atom stereocenters. The molecule has 0 saturated heterocycles. The first-order valence-electron chi connectivity index (χ1n) is 5.15. The first-order chi connectivity index (χ1) is 7.45. The summed E-state index contributed by atoms with van der Waals surface area (Å²) in [6.45, 7) is 0. The molecule has 0 radical (unpaired) electrons. The van der Waals surface area contributed by atoms with Gasteiger partial charge in [-0.1, -0.05) is 42.5 Å².